The first-order chi connectivity index (χ1) is 9.15. The van der Waals surface area contributed by atoms with Gasteiger partial charge in [-0.15, -0.1) is 0 Å². The van der Waals surface area contributed by atoms with Gasteiger partial charge in [-0.2, -0.15) is 0 Å². The number of likely N-dealkylation sites (tertiary alicyclic amines) is 1. The highest BCUT2D eigenvalue weighted by molar-refractivity contribution is 5.22. The lowest BCUT2D eigenvalue weighted by Gasteiger charge is -2.37. The van der Waals surface area contributed by atoms with Gasteiger partial charge in [-0.3, -0.25) is 4.90 Å². The van der Waals surface area contributed by atoms with Gasteiger partial charge in [0.25, 0.3) is 0 Å². The first-order valence-electron chi connectivity index (χ1n) is 6.57. The number of methoxy groups -OCH3 is 1. The number of piperidine rings is 1. The lowest BCUT2D eigenvalue weighted by atomic mass is 10.0. The minimum Gasteiger partial charge on any atom is -0.380 e. The molecule has 1 aliphatic heterocycles. The van der Waals surface area contributed by atoms with Gasteiger partial charge in [-0.25, -0.2) is 8.78 Å². The largest absolute Gasteiger partial charge is 0.380 e. The lowest BCUT2D eigenvalue weighted by molar-refractivity contribution is 0.0154. The second-order valence-corrected chi connectivity index (χ2v) is 4.92. The molecule has 0 bridgehead atoms. The molecule has 1 saturated heterocycles. The molecule has 2 atom stereocenters. The number of ether oxygens (including phenoxy) is 1. The van der Waals surface area contributed by atoms with Crippen LogP contribution in [-0.2, 0) is 4.74 Å². The van der Waals surface area contributed by atoms with Crippen LogP contribution in [0.5, 0.6) is 0 Å². The molecule has 3 nitrogen and oxygen atoms in total. The van der Waals surface area contributed by atoms with E-state index in [-0.39, 0.29) is 12.1 Å². The highest BCUT2D eigenvalue weighted by atomic mass is 19.2. The van der Waals surface area contributed by atoms with E-state index >= 15 is 0 Å². The summed E-state index contributed by atoms with van der Waals surface area (Å²) in [5.74, 6) is -1.65. The summed E-state index contributed by atoms with van der Waals surface area (Å²) in [4.78, 5) is 2.18. The van der Waals surface area contributed by atoms with Crippen molar-refractivity contribution in [2.75, 3.05) is 26.7 Å². The molecule has 1 heterocycles. The van der Waals surface area contributed by atoms with Crippen LogP contribution in [0.1, 0.15) is 24.4 Å². The van der Waals surface area contributed by atoms with Crippen molar-refractivity contribution in [1.29, 1.82) is 0 Å². The monoisotopic (exact) mass is 270 g/mol. The number of hydrogen-bond donors (Lipinski definition) is 1. The quantitative estimate of drug-likeness (QED) is 0.910. The van der Waals surface area contributed by atoms with Crippen molar-refractivity contribution < 1.29 is 13.5 Å². The van der Waals surface area contributed by atoms with E-state index in [0.717, 1.165) is 37.6 Å². The second-order valence-electron chi connectivity index (χ2n) is 4.92. The van der Waals surface area contributed by atoms with E-state index < -0.39 is 11.6 Å². The van der Waals surface area contributed by atoms with Crippen molar-refractivity contribution in [2.45, 2.75) is 25.0 Å². The Morgan fingerprint density at radius 3 is 2.84 bits per heavy atom. The molecule has 0 spiro atoms. The van der Waals surface area contributed by atoms with Crippen molar-refractivity contribution in [2.24, 2.45) is 5.73 Å². The fraction of sp³-hybridized carbons (Fsp3) is 0.571. The third kappa shape index (κ3) is 3.29. The molecule has 0 aromatic heterocycles. The summed E-state index contributed by atoms with van der Waals surface area (Å²) in [6.07, 6.45) is 2.24. The molecule has 106 valence electrons. The minimum atomic E-state index is -0.826. The fourth-order valence-corrected chi connectivity index (χ4v) is 2.66. The van der Waals surface area contributed by atoms with E-state index in [1.54, 1.807) is 13.2 Å². The standard InChI is InChI=1S/C14H20F2N2O/c1-19-11-3-2-6-18(9-11)14(8-17)10-4-5-12(15)13(16)7-10/h4-5,7,11,14H,2-3,6,8-9,17H2,1H3. The average molecular weight is 270 g/mol. The lowest BCUT2D eigenvalue weighted by Crippen LogP contribution is -2.43. The number of halogens is 2. The maximum Gasteiger partial charge on any atom is 0.159 e. The Morgan fingerprint density at radius 2 is 2.21 bits per heavy atom. The minimum absolute atomic E-state index is 0.0898. The van der Waals surface area contributed by atoms with E-state index in [1.807, 2.05) is 0 Å². The molecule has 1 aliphatic rings. The van der Waals surface area contributed by atoms with E-state index in [2.05, 4.69) is 4.90 Å². The second kappa shape index (κ2) is 6.41. The number of benzene rings is 1. The van der Waals surface area contributed by atoms with Crippen molar-refractivity contribution in [3.8, 4) is 0 Å². The summed E-state index contributed by atoms with van der Waals surface area (Å²) in [5.41, 5.74) is 6.53. The zero-order valence-electron chi connectivity index (χ0n) is 11.1. The van der Waals surface area contributed by atoms with Crippen LogP contribution in [-0.4, -0.2) is 37.7 Å². The number of hydrogen-bond acceptors (Lipinski definition) is 3. The van der Waals surface area contributed by atoms with Gasteiger partial charge in [-0.05, 0) is 37.1 Å². The van der Waals surface area contributed by atoms with Crippen molar-refractivity contribution >= 4 is 0 Å². The Hall–Kier alpha value is -1.04. The van der Waals surface area contributed by atoms with Crippen LogP contribution in [0.4, 0.5) is 8.78 Å². The van der Waals surface area contributed by atoms with Crippen LogP contribution in [0.15, 0.2) is 18.2 Å². The van der Waals surface area contributed by atoms with Gasteiger partial charge in [0.2, 0.25) is 0 Å². The van der Waals surface area contributed by atoms with E-state index in [0.29, 0.717) is 6.54 Å². The Morgan fingerprint density at radius 1 is 1.42 bits per heavy atom. The van der Waals surface area contributed by atoms with Crippen molar-refractivity contribution in [3.63, 3.8) is 0 Å². The normalized spacial score (nSPS) is 22.4. The zero-order chi connectivity index (χ0) is 13.8. The van der Waals surface area contributed by atoms with Gasteiger partial charge >= 0.3 is 0 Å². The number of rotatable bonds is 4. The van der Waals surface area contributed by atoms with Crippen LogP contribution in [0, 0.1) is 11.6 Å². The maximum absolute atomic E-state index is 13.3. The van der Waals surface area contributed by atoms with E-state index in [4.69, 9.17) is 10.5 Å². The van der Waals surface area contributed by atoms with Gasteiger partial charge in [0.1, 0.15) is 0 Å². The smallest absolute Gasteiger partial charge is 0.159 e. The number of nitrogens with zero attached hydrogens (tertiary/aromatic N) is 1. The summed E-state index contributed by atoms with van der Waals surface area (Å²) in [5, 5.41) is 0. The van der Waals surface area contributed by atoms with Crippen LogP contribution in [0.3, 0.4) is 0 Å². The van der Waals surface area contributed by atoms with E-state index in [9.17, 15) is 8.78 Å². The molecular weight excluding hydrogens is 250 g/mol. The molecule has 2 N–H and O–H groups in total. The molecule has 0 amide bonds. The first-order valence-corrected chi connectivity index (χ1v) is 6.57. The van der Waals surface area contributed by atoms with Crippen LogP contribution < -0.4 is 5.73 Å². The van der Waals surface area contributed by atoms with Crippen molar-refractivity contribution in [3.05, 3.63) is 35.4 Å². The molecule has 1 aromatic carbocycles. The van der Waals surface area contributed by atoms with Gasteiger partial charge in [-0.1, -0.05) is 6.07 Å². The van der Waals surface area contributed by atoms with Gasteiger partial charge in [0, 0.05) is 26.2 Å². The molecule has 19 heavy (non-hydrogen) atoms. The van der Waals surface area contributed by atoms with Crippen molar-refractivity contribution in [1.82, 2.24) is 4.90 Å². The summed E-state index contributed by atoms with van der Waals surface area (Å²) < 4.78 is 31.7. The van der Waals surface area contributed by atoms with Crippen LogP contribution in [0.2, 0.25) is 0 Å². The summed E-state index contributed by atoms with van der Waals surface area (Å²) in [6, 6.07) is 3.91. The molecule has 2 rings (SSSR count). The fourth-order valence-electron chi connectivity index (χ4n) is 2.66. The average Bonchev–Trinajstić information content (AvgIpc) is 2.44. The number of nitrogens with two attached hydrogens (primary N) is 1. The third-order valence-electron chi connectivity index (χ3n) is 3.74. The topological polar surface area (TPSA) is 38.5 Å². The summed E-state index contributed by atoms with van der Waals surface area (Å²) in [7, 11) is 1.70. The first kappa shape index (κ1) is 14.4. The molecule has 0 saturated carbocycles. The molecule has 5 heteroatoms. The zero-order valence-corrected chi connectivity index (χ0v) is 11.1. The van der Waals surface area contributed by atoms with E-state index in [1.165, 1.54) is 6.07 Å². The van der Waals surface area contributed by atoms with Crippen LogP contribution >= 0.6 is 0 Å². The van der Waals surface area contributed by atoms with Crippen LogP contribution in [0.25, 0.3) is 0 Å². The Balaban J connectivity index is 2.16. The Bertz CT molecular complexity index is 428. The molecule has 0 aliphatic carbocycles. The summed E-state index contributed by atoms with van der Waals surface area (Å²) >= 11 is 0. The highest BCUT2D eigenvalue weighted by Gasteiger charge is 2.26. The van der Waals surface area contributed by atoms with Gasteiger partial charge in [0.15, 0.2) is 11.6 Å². The Kier molecular flexibility index (Phi) is 4.85. The highest BCUT2D eigenvalue weighted by Crippen LogP contribution is 2.25. The third-order valence-corrected chi connectivity index (χ3v) is 3.74. The SMILES string of the molecule is COC1CCCN(C(CN)c2ccc(F)c(F)c2)C1. The maximum atomic E-state index is 13.3. The molecule has 0 radical (unpaired) electrons. The van der Waals surface area contributed by atoms with Gasteiger partial charge < -0.3 is 10.5 Å². The molecule has 1 aromatic rings. The molecular formula is C14H20F2N2O. The molecule has 2 unspecified atom stereocenters. The molecule has 1 fully saturated rings. The predicted molar refractivity (Wildman–Crippen MR) is 69.8 cm³/mol. The summed E-state index contributed by atoms with van der Waals surface area (Å²) in [6.45, 7) is 2.06. The Labute approximate surface area is 112 Å². The predicted octanol–water partition coefficient (Wildman–Crippen LogP) is 2.08. The van der Waals surface area contributed by atoms with Gasteiger partial charge in [0.05, 0.1) is 6.10 Å².